The van der Waals surface area contributed by atoms with E-state index in [1.807, 2.05) is 0 Å². The third-order valence-electron chi connectivity index (χ3n) is 1.97. The Morgan fingerprint density at radius 3 is 2.36 bits per heavy atom. The first-order valence-corrected chi connectivity index (χ1v) is 6.72. The van der Waals surface area contributed by atoms with Gasteiger partial charge in [-0.05, 0) is 0 Å². The molecular weight excluding hydrogens is 210 g/mol. The van der Waals surface area contributed by atoms with Gasteiger partial charge in [0.15, 0.2) is 0 Å². The quantitative estimate of drug-likeness (QED) is 0.531. The summed E-state index contributed by atoms with van der Waals surface area (Å²) in [4.78, 5) is 9.82. The third kappa shape index (κ3) is 3.41. The number of alkyl halides is 1. The van der Waals surface area contributed by atoms with E-state index in [9.17, 15) is 9.28 Å². The number of hydrogen-bond acceptors (Lipinski definition) is 4. The maximum atomic E-state index is 13.6. The minimum absolute atomic E-state index is 0.0649. The molecule has 2 atom stereocenters. The van der Waals surface area contributed by atoms with Gasteiger partial charge in [-0.1, -0.05) is 0 Å². The minimum atomic E-state index is -3.62. The van der Waals surface area contributed by atoms with Gasteiger partial charge in [0.1, 0.15) is 0 Å². The Morgan fingerprint density at radius 1 is 1.50 bits per heavy atom. The Labute approximate surface area is 83.9 Å². The van der Waals surface area contributed by atoms with Gasteiger partial charge in [-0.2, -0.15) is 0 Å². The zero-order valence-corrected chi connectivity index (χ0v) is 9.53. The fraction of sp³-hybridized carbons (Fsp3) is 1.00. The molecule has 1 fully saturated rings. The van der Waals surface area contributed by atoms with E-state index in [1.165, 1.54) is 0 Å². The molecule has 1 aliphatic heterocycles. The summed E-state index contributed by atoms with van der Waals surface area (Å²) in [5, 5.41) is 0. The van der Waals surface area contributed by atoms with Gasteiger partial charge in [-0.3, -0.25) is 0 Å². The second-order valence-corrected chi connectivity index (χ2v) is 5.62. The molecule has 0 amide bonds. The molecule has 1 saturated heterocycles. The van der Waals surface area contributed by atoms with Crippen molar-refractivity contribution in [3.63, 3.8) is 0 Å². The van der Waals surface area contributed by atoms with E-state index >= 15 is 0 Å². The first-order chi connectivity index (χ1) is 6.62. The third-order valence-corrected chi connectivity index (χ3v) is 4.40. The summed E-state index contributed by atoms with van der Waals surface area (Å²) >= 11 is 0. The Morgan fingerprint density at radius 2 is 2.00 bits per heavy atom. The number of epoxide rings is 1. The van der Waals surface area contributed by atoms with Gasteiger partial charge in [-0.15, -0.1) is 0 Å². The SMILES string of the molecule is CCO[PH](O)(OCC)C(F)C[C@@H]1CO1. The van der Waals surface area contributed by atoms with Gasteiger partial charge in [-0.25, -0.2) is 0 Å². The van der Waals surface area contributed by atoms with Crippen LogP contribution in [0.1, 0.15) is 20.3 Å². The summed E-state index contributed by atoms with van der Waals surface area (Å²) in [6.45, 7) is 4.50. The molecule has 1 aliphatic rings. The Kier molecular flexibility index (Phi) is 4.67. The molecule has 4 nitrogen and oxygen atoms in total. The second kappa shape index (κ2) is 5.33. The first-order valence-electron chi connectivity index (χ1n) is 4.88. The van der Waals surface area contributed by atoms with E-state index in [0.717, 1.165) is 0 Å². The summed E-state index contributed by atoms with van der Waals surface area (Å²) < 4.78 is 28.5. The molecule has 0 aliphatic carbocycles. The molecule has 0 bridgehead atoms. The van der Waals surface area contributed by atoms with Crippen molar-refractivity contribution >= 4 is 7.94 Å². The molecule has 1 rings (SSSR count). The van der Waals surface area contributed by atoms with E-state index in [0.29, 0.717) is 6.61 Å². The average molecular weight is 228 g/mol. The van der Waals surface area contributed by atoms with Crippen molar-refractivity contribution in [2.24, 2.45) is 0 Å². The number of halogens is 1. The van der Waals surface area contributed by atoms with Gasteiger partial charge in [0.05, 0.1) is 0 Å². The fourth-order valence-corrected chi connectivity index (χ4v) is 3.05. The van der Waals surface area contributed by atoms with Gasteiger partial charge >= 0.3 is 83.1 Å². The molecule has 0 aromatic rings. The molecule has 14 heavy (non-hydrogen) atoms. The van der Waals surface area contributed by atoms with Crippen LogP contribution >= 0.6 is 7.94 Å². The van der Waals surface area contributed by atoms with Crippen molar-refractivity contribution in [2.45, 2.75) is 32.3 Å². The van der Waals surface area contributed by atoms with E-state index < -0.39 is 13.9 Å². The zero-order chi connectivity index (χ0) is 10.6. The molecule has 0 saturated carbocycles. The van der Waals surface area contributed by atoms with Crippen molar-refractivity contribution in [3.05, 3.63) is 0 Å². The summed E-state index contributed by atoms with van der Waals surface area (Å²) in [6, 6.07) is 0. The Hall–Kier alpha value is 0.200. The summed E-state index contributed by atoms with van der Waals surface area (Å²) in [5.74, 6) is -1.44. The van der Waals surface area contributed by atoms with Crippen LogP contribution in [0.25, 0.3) is 0 Å². The second-order valence-electron chi connectivity index (χ2n) is 3.16. The van der Waals surface area contributed by atoms with Crippen LogP contribution in [-0.4, -0.2) is 36.7 Å². The van der Waals surface area contributed by atoms with Crippen molar-refractivity contribution in [1.82, 2.24) is 0 Å². The Balaban J connectivity index is 2.44. The molecule has 0 radical (unpaired) electrons. The van der Waals surface area contributed by atoms with Crippen LogP contribution in [-0.2, 0) is 13.8 Å². The van der Waals surface area contributed by atoms with E-state index in [2.05, 4.69) is 0 Å². The van der Waals surface area contributed by atoms with E-state index in [4.69, 9.17) is 13.8 Å². The van der Waals surface area contributed by atoms with Crippen LogP contribution in [0.5, 0.6) is 0 Å². The maximum absolute atomic E-state index is 13.6. The van der Waals surface area contributed by atoms with Crippen LogP contribution in [0.2, 0.25) is 0 Å². The van der Waals surface area contributed by atoms with Crippen LogP contribution in [0.4, 0.5) is 4.39 Å². The number of rotatable bonds is 7. The average Bonchev–Trinajstić information content (AvgIpc) is 2.89. The van der Waals surface area contributed by atoms with Gasteiger partial charge in [0.25, 0.3) is 0 Å². The molecule has 1 N–H and O–H groups in total. The van der Waals surface area contributed by atoms with Crippen LogP contribution in [0.3, 0.4) is 0 Å². The predicted octanol–water partition coefficient (Wildman–Crippen LogP) is 1.63. The number of ether oxygens (including phenoxy) is 1. The molecule has 1 unspecified atom stereocenters. The molecule has 6 heteroatoms. The van der Waals surface area contributed by atoms with Crippen LogP contribution < -0.4 is 0 Å². The van der Waals surface area contributed by atoms with Crippen molar-refractivity contribution in [3.8, 4) is 0 Å². The zero-order valence-electron chi connectivity index (χ0n) is 8.53. The van der Waals surface area contributed by atoms with Crippen LogP contribution in [0, 0.1) is 0 Å². The molecule has 0 aromatic carbocycles. The Bertz CT molecular complexity index is 171. The van der Waals surface area contributed by atoms with E-state index in [-0.39, 0.29) is 25.7 Å². The van der Waals surface area contributed by atoms with Crippen molar-refractivity contribution in [1.29, 1.82) is 0 Å². The molecule has 86 valence electrons. The standard InChI is InChI=1S/C8H18FO4P/c1-3-12-14(10,13-4-2)8(9)5-7-6-11-7/h7-8,10,14H,3-6H2,1-2H3/t7-,8?/m1/s1. The molecule has 0 spiro atoms. The molecule has 0 aromatic heterocycles. The van der Waals surface area contributed by atoms with Crippen molar-refractivity contribution in [2.75, 3.05) is 19.8 Å². The van der Waals surface area contributed by atoms with Crippen molar-refractivity contribution < 1.29 is 23.1 Å². The number of hydrogen-bond donors (Lipinski definition) is 1. The summed E-state index contributed by atoms with van der Waals surface area (Å²) in [7, 11) is -3.62. The fourth-order valence-electron chi connectivity index (χ4n) is 1.22. The monoisotopic (exact) mass is 228 g/mol. The topological polar surface area (TPSA) is 51.2 Å². The van der Waals surface area contributed by atoms with Gasteiger partial charge in [0, 0.05) is 0 Å². The van der Waals surface area contributed by atoms with Gasteiger partial charge < -0.3 is 0 Å². The predicted molar refractivity (Wildman–Crippen MR) is 53.0 cm³/mol. The normalized spacial score (nSPS) is 24.7. The van der Waals surface area contributed by atoms with E-state index in [1.54, 1.807) is 13.8 Å². The van der Waals surface area contributed by atoms with Crippen LogP contribution in [0.15, 0.2) is 0 Å². The summed E-state index contributed by atoms with van der Waals surface area (Å²) in [5.41, 5.74) is 0. The summed E-state index contributed by atoms with van der Waals surface area (Å²) in [6.07, 6.45) is 0.104. The van der Waals surface area contributed by atoms with Gasteiger partial charge in [0.2, 0.25) is 0 Å². The molecular formula is C8H18FO4P. The molecule has 1 heterocycles. The first kappa shape index (κ1) is 12.3.